The van der Waals surface area contributed by atoms with E-state index in [1.54, 1.807) is 0 Å². The molecule has 1 aliphatic heterocycles. The lowest BCUT2D eigenvalue weighted by Crippen LogP contribution is -2.58. The minimum absolute atomic E-state index is 0.0410. The van der Waals surface area contributed by atoms with Gasteiger partial charge in [-0.1, -0.05) is 27.7 Å². The third-order valence-corrected chi connectivity index (χ3v) is 4.85. The number of carbonyl (C=O) groups is 4. The zero-order valence-corrected chi connectivity index (χ0v) is 18.2. The molecule has 172 valence electrons. The number of rotatable bonds is 12. The Kier molecular flexibility index (Phi) is 10.8. The van der Waals surface area contributed by atoms with Crippen LogP contribution < -0.4 is 21.3 Å². The topological polar surface area (TPSA) is 157 Å². The molecule has 0 aromatic heterocycles. The van der Waals surface area contributed by atoms with E-state index in [1.165, 1.54) is 0 Å². The zero-order chi connectivity index (χ0) is 22.8. The Bertz CT molecular complexity index is 604. The fourth-order valence-corrected chi connectivity index (χ4v) is 3.32. The highest BCUT2D eigenvalue weighted by Gasteiger charge is 2.31. The summed E-state index contributed by atoms with van der Waals surface area (Å²) < 4.78 is 0. The molecular formula is C20H36N4O6. The van der Waals surface area contributed by atoms with Gasteiger partial charge in [0, 0.05) is 0 Å². The quantitative estimate of drug-likeness (QED) is 0.241. The minimum atomic E-state index is -1.20. The number of nitrogens with one attached hydrogen (secondary N) is 4. The summed E-state index contributed by atoms with van der Waals surface area (Å²) >= 11 is 0. The Morgan fingerprint density at radius 3 is 1.90 bits per heavy atom. The summed E-state index contributed by atoms with van der Waals surface area (Å²) in [6.45, 7) is 7.53. The molecule has 4 atom stereocenters. The van der Waals surface area contributed by atoms with E-state index in [4.69, 9.17) is 0 Å². The van der Waals surface area contributed by atoms with Crippen LogP contribution in [0, 0.1) is 11.8 Å². The van der Waals surface area contributed by atoms with E-state index in [0.717, 1.165) is 6.42 Å². The van der Waals surface area contributed by atoms with E-state index in [9.17, 15) is 29.4 Å². The molecule has 30 heavy (non-hydrogen) atoms. The number of hydrogen-bond donors (Lipinski definition) is 6. The van der Waals surface area contributed by atoms with Crippen molar-refractivity contribution in [3.8, 4) is 0 Å². The molecule has 1 fully saturated rings. The molecule has 0 aromatic rings. The van der Waals surface area contributed by atoms with Gasteiger partial charge in [0.15, 0.2) is 0 Å². The van der Waals surface area contributed by atoms with E-state index < -0.39 is 48.6 Å². The second kappa shape index (κ2) is 12.5. The standard InChI is InChI=1S/C20H36N4O6/c1-11(2)8-14(18(27)23-15(20(29)30)9-12(3)4)22-19(28)16(10-25)24-17(26)13-6-5-7-21-13/h11-16,21,25H,5-10H2,1-4H3,(H,22,28)(H,23,27)(H,24,26)(H,29,30). The van der Waals surface area contributed by atoms with Gasteiger partial charge in [0.05, 0.1) is 12.6 Å². The van der Waals surface area contributed by atoms with Gasteiger partial charge in [-0.15, -0.1) is 0 Å². The normalized spacial score (nSPS) is 19.2. The maximum atomic E-state index is 12.7. The summed E-state index contributed by atoms with van der Waals surface area (Å²) in [5.74, 6) is -2.72. The van der Waals surface area contributed by atoms with E-state index in [0.29, 0.717) is 13.0 Å². The van der Waals surface area contributed by atoms with Crippen molar-refractivity contribution >= 4 is 23.7 Å². The Labute approximate surface area is 177 Å². The van der Waals surface area contributed by atoms with Crippen molar-refractivity contribution in [2.75, 3.05) is 13.2 Å². The molecule has 0 radical (unpaired) electrons. The number of carboxylic acids is 1. The van der Waals surface area contributed by atoms with Crippen molar-refractivity contribution in [3.05, 3.63) is 0 Å². The van der Waals surface area contributed by atoms with Crippen LogP contribution in [-0.4, -0.2) is 71.2 Å². The smallest absolute Gasteiger partial charge is 0.326 e. The predicted octanol–water partition coefficient (Wildman–Crippen LogP) is -0.638. The molecule has 0 aliphatic carbocycles. The molecule has 1 aliphatic rings. The monoisotopic (exact) mass is 428 g/mol. The average molecular weight is 429 g/mol. The average Bonchev–Trinajstić information content (AvgIpc) is 3.18. The van der Waals surface area contributed by atoms with Crippen LogP contribution in [0.15, 0.2) is 0 Å². The van der Waals surface area contributed by atoms with E-state index in [-0.39, 0.29) is 30.6 Å². The first-order valence-corrected chi connectivity index (χ1v) is 10.5. The third kappa shape index (κ3) is 8.66. The Hall–Kier alpha value is -2.20. The van der Waals surface area contributed by atoms with Crippen molar-refractivity contribution in [2.24, 2.45) is 11.8 Å². The molecule has 10 nitrogen and oxygen atoms in total. The van der Waals surface area contributed by atoms with Gasteiger partial charge < -0.3 is 31.5 Å². The fraction of sp³-hybridized carbons (Fsp3) is 0.800. The van der Waals surface area contributed by atoms with Crippen molar-refractivity contribution < 1.29 is 29.4 Å². The third-order valence-electron chi connectivity index (χ3n) is 4.85. The number of carbonyl (C=O) groups excluding carboxylic acids is 3. The molecular weight excluding hydrogens is 392 g/mol. The van der Waals surface area contributed by atoms with Crippen molar-refractivity contribution in [1.29, 1.82) is 0 Å². The van der Waals surface area contributed by atoms with Crippen LogP contribution in [0.5, 0.6) is 0 Å². The first-order chi connectivity index (χ1) is 14.0. The van der Waals surface area contributed by atoms with Crippen LogP contribution in [0.1, 0.15) is 53.4 Å². The van der Waals surface area contributed by atoms with Crippen molar-refractivity contribution in [3.63, 3.8) is 0 Å². The summed E-state index contributed by atoms with van der Waals surface area (Å²) in [6.07, 6.45) is 2.04. The Morgan fingerprint density at radius 1 is 0.900 bits per heavy atom. The van der Waals surface area contributed by atoms with Crippen LogP contribution in [-0.2, 0) is 19.2 Å². The van der Waals surface area contributed by atoms with Crippen molar-refractivity contribution in [1.82, 2.24) is 21.3 Å². The number of aliphatic hydroxyl groups excluding tert-OH is 1. The molecule has 3 amide bonds. The molecule has 1 rings (SSSR count). The lowest BCUT2D eigenvalue weighted by atomic mass is 10.0. The molecule has 0 aromatic carbocycles. The van der Waals surface area contributed by atoms with E-state index in [2.05, 4.69) is 21.3 Å². The first-order valence-electron chi connectivity index (χ1n) is 10.5. The first kappa shape index (κ1) is 25.8. The van der Waals surface area contributed by atoms with Crippen LogP contribution >= 0.6 is 0 Å². The molecule has 0 saturated carbocycles. The van der Waals surface area contributed by atoms with Gasteiger partial charge in [-0.05, 0) is 44.1 Å². The van der Waals surface area contributed by atoms with Gasteiger partial charge in [-0.2, -0.15) is 0 Å². The van der Waals surface area contributed by atoms with Crippen LogP contribution in [0.3, 0.4) is 0 Å². The summed E-state index contributed by atoms with van der Waals surface area (Å²) in [5, 5.41) is 29.5. The molecule has 4 unspecified atom stereocenters. The van der Waals surface area contributed by atoms with Crippen LogP contribution in [0.2, 0.25) is 0 Å². The van der Waals surface area contributed by atoms with Gasteiger partial charge in [-0.3, -0.25) is 14.4 Å². The van der Waals surface area contributed by atoms with Crippen molar-refractivity contribution in [2.45, 2.75) is 77.5 Å². The lowest BCUT2D eigenvalue weighted by molar-refractivity contribution is -0.143. The molecule has 10 heteroatoms. The molecule has 0 spiro atoms. The highest BCUT2D eigenvalue weighted by Crippen LogP contribution is 2.09. The van der Waals surface area contributed by atoms with Crippen LogP contribution in [0.25, 0.3) is 0 Å². The molecule has 0 bridgehead atoms. The predicted molar refractivity (Wildman–Crippen MR) is 110 cm³/mol. The largest absolute Gasteiger partial charge is 0.480 e. The van der Waals surface area contributed by atoms with Crippen LogP contribution in [0.4, 0.5) is 0 Å². The Balaban J connectivity index is 2.80. The maximum absolute atomic E-state index is 12.7. The number of aliphatic hydroxyl groups is 1. The van der Waals surface area contributed by atoms with Gasteiger partial charge in [0.2, 0.25) is 17.7 Å². The lowest BCUT2D eigenvalue weighted by Gasteiger charge is -2.25. The second-order valence-corrected chi connectivity index (χ2v) is 8.61. The summed E-state index contributed by atoms with van der Waals surface area (Å²) in [5.41, 5.74) is 0. The van der Waals surface area contributed by atoms with Gasteiger partial charge in [0.1, 0.15) is 18.1 Å². The summed E-state index contributed by atoms with van der Waals surface area (Å²) in [7, 11) is 0. The fourth-order valence-electron chi connectivity index (χ4n) is 3.32. The maximum Gasteiger partial charge on any atom is 0.326 e. The summed E-state index contributed by atoms with van der Waals surface area (Å²) in [4.78, 5) is 49.0. The molecule has 1 saturated heterocycles. The SMILES string of the molecule is CC(C)CC(NC(=O)C(CC(C)C)NC(=O)C(CO)NC(=O)C1CCCN1)C(=O)O. The highest BCUT2D eigenvalue weighted by molar-refractivity contribution is 5.94. The van der Waals surface area contributed by atoms with Gasteiger partial charge in [-0.25, -0.2) is 4.79 Å². The number of aliphatic carboxylic acids is 1. The zero-order valence-electron chi connectivity index (χ0n) is 18.2. The number of hydrogen-bond acceptors (Lipinski definition) is 6. The minimum Gasteiger partial charge on any atom is -0.480 e. The molecule has 6 N–H and O–H groups in total. The van der Waals surface area contributed by atoms with E-state index >= 15 is 0 Å². The summed E-state index contributed by atoms with van der Waals surface area (Å²) in [6, 6.07) is -3.66. The number of amides is 3. The second-order valence-electron chi connectivity index (χ2n) is 8.61. The Morgan fingerprint density at radius 2 is 1.43 bits per heavy atom. The number of carboxylic acid groups (broad SMARTS) is 1. The highest BCUT2D eigenvalue weighted by atomic mass is 16.4. The van der Waals surface area contributed by atoms with Gasteiger partial charge >= 0.3 is 5.97 Å². The molecule has 1 heterocycles. The van der Waals surface area contributed by atoms with E-state index in [1.807, 2.05) is 27.7 Å². The van der Waals surface area contributed by atoms with Gasteiger partial charge in [0.25, 0.3) is 0 Å².